The van der Waals surface area contributed by atoms with Crippen molar-refractivity contribution in [1.29, 1.82) is 0 Å². The van der Waals surface area contributed by atoms with Crippen molar-refractivity contribution in [3.8, 4) is 0 Å². The summed E-state index contributed by atoms with van der Waals surface area (Å²) in [6.45, 7) is 2.46. The predicted octanol–water partition coefficient (Wildman–Crippen LogP) is 2.59. The fraction of sp³-hybridized carbons (Fsp3) is 0.750. The molecule has 0 radical (unpaired) electrons. The third-order valence-corrected chi connectivity index (χ3v) is 5.55. The molecule has 2 heterocycles. The van der Waals surface area contributed by atoms with Crippen LogP contribution >= 0.6 is 7.92 Å². The lowest BCUT2D eigenvalue weighted by Crippen LogP contribution is -2.10. The van der Waals surface area contributed by atoms with E-state index < -0.39 is 0 Å². The van der Waals surface area contributed by atoms with Gasteiger partial charge < -0.3 is 0 Å². The number of fused-ring (bicyclic) bond motifs is 2. The van der Waals surface area contributed by atoms with Crippen LogP contribution in [0.25, 0.3) is 0 Å². The first kappa shape index (κ1) is 5.92. The summed E-state index contributed by atoms with van der Waals surface area (Å²) in [5, 5.41) is 0. The van der Waals surface area contributed by atoms with Crippen LogP contribution in [0, 0.1) is 0 Å². The highest BCUT2D eigenvalue weighted by atomic mass is 31.1. The first-order chi connectivity index (χ1) is 4.38. The molecule has 0 aromatic carbocycles. The molecule has 0 aromatic heterocycles. The lowest BCUT2D eigenvalue weighted by Gasteiger charge is -2.27. The largest absolute Gasteiger partial charge is 0.0958 e. The van der Waals surface area contributed by atoms with Gasteiger partial charge in [0.2, 0.25) is 0 Å². The fourth-order valence-electron chi connectivity index (χ4n) is 1.91. The monoisotopic (exact) mass is 140 g/mol. The smallest absolute Gasteiger partial charge is 0.00266 e. The molecule has 2 aliphatic rings. The van der Waals surface area contributed by atoms with Gasteiger partial charge >= 0.3 is 0 Å². The van der Waals surface area contributed by atoms with Crippen molar-refractivity contribution in [2.75, 3.05) is 6.66 Å². The van der Waals surface area contributed by atoms with E-state index in [-0.39, 0.29) is 0 Å². The Labute approximate surface area is 58.1 Å². The van der Waals surface area contributed by atoms with E-state index in [1.54, 1.807) is 0 Å². The molecule has 0 spiro atoms. The highest BCUT2D eigenvalue weighted by Crippen LogP contribution is 2.55. The van der Waals surface area contributed by atoms with Crippen LogP contribution in [0.4, 0.5) is 0 Å². The van der Waals surface area contributed by atoms with E-state index >= 15 is 0 Å². The maximum absolute atomic E-state index is 2.46. The average Bonchev–Trinajstić information content (AvgIpc) is 2.19. The molecule has 0 amide bonds. The Kier molecular flexibility index (Phi) is 1.38. The van der Waals surface area contributed by atoms with Gasteiger partial charge in [0.25, 0.3) is 0 Å². The Balaban J connectivity index is 2.18. The van der Waals surface area contributed by atoms with Crippen LogP contribution in [0.15, 0.2) is 12.2 Å². The first-order valence-corrected chi connectivity index (χ1v) is 5.71. The van der Waals surface area contributed by atoms with E-state index in [2.05, 4.69) is 18.8 Å². The molecule has 0 aromatic rings. The summed E-state index contributed by atoms with van der Waals surface area (Å²) in [6.07, 6.45) is 9.37. The molecule has 1 heteroatoms. The molecule has 0 nitrogen and oxygen atoms in total. The van der Waals surface area contributed by atoms with E-state index in [4.69, 9.17) is 0 Å². The van der Waals surface area contributed by atoms with Gasteiger partial charge in [-0.15, -0.1) is 0 Å². The molecule has 50 valence electrons. The van der Waals surface area contributed by atoms with Gasteiger partial charge in [-0.05, 0) is 30.8 Å². The molecular formula is C8H13P. The van der Waals surface area contributed by atoms with Crippen LogP contribution in [-0.2, 0) is 0 Å². The average molecular weight is 140 g/mol. The van der Waals surface area contributed by atoms with Crippen LogP contribution < -0.4 is 0 Å². The molecular weight excluding hydrogens is 127 g/mol. The summed E-state index contributed by atoms with van der Waals surface area (Å²) < 4.78 is 0. The Morgan fingerprint density at radius 3 is 2.22 bits per heavy atom. The second kappa shape index (κ2) is 2.09. The number of hydrogen-bond acceptors (Lipinski definition) is 0. The third-order valence-electron chi connectivity index (χ3n) is 2.60. The highest BCUT2D eigenvalue weighted by molar-refractivity contribution is 7.59. The molecule has 2 rings (SSSR count). The zero-order valence-corrected chi connectivity index (χ0v) is 6.77. The van der Waals surface area contributed by atoms with Crippen molar-refractivity contribution in [3.05, 3.63) is 12.2 Å². The van der Waals surface area contributed by atoms with Crippen molar-refractivity contribution in [3.63, 3.8) is 0 Å². The number of hydrogen-bond donors (Lipinski definition) is 0. The first-order valence-electron chi connectivity index (χ1n) is 3.78. The van der Waals surface area contributed by atoms with Crippen LogP contribution in [0.1, 0.15) is 19.3 Å². The van der Waals surface area contributed by atoms with Crippen LogP contribution in [-0.4, -0.2) is 18.0 Å². The fourth-order valence-corrected chi connectivity index (χ4v) is 4.32. The lowest BCUT2D eigenvalue weighted by molar-refractivity contribution is 0.691. The SMILES string of the molecule is CP1C2C=CC1CCC2. The van der Waals surface area contributed by atoms with Gasteiger partial charge in [0, 0.05) is 0 Å². The van der Waals surface area contributed by atoms with E-state index in [9.17, 15) is 0 Å². The summed E-state index contributed by atoms with van der Waals surface area (Å²) in [6, 6.07) is 0. The molecule has 2 bridgehead atoms. The molecule has 2 atom stereocenters. The molecule has 1 fully saturated rings. The zero-order valence-electron chi connectivity index (χ0n) is 5.88. The van der Waals surface area contributed by atoms with Gasteiger partial charge in [-0.1, -0.05) is 26.5 Å². The van der Waals surface area contributed by atoms with Gasteiger partial charge in [-0.2, -0.15) is 0 Å². The van der Waals surface area contributed by atoms with E-state index in [1.807, 2.05) is 0 Å². The highest BCUT2D eigenvalue weighted by Gasteiger charge is 2.30. The summed E-state index contributed by atoms with van der Waals surface area (Å²) in [5.74, 6) is 0. The van der Waals surface area contributed by atoms with Crippen molar-refractivity contribution in [2.45, 2.75) is 30.6 Å². The minimum atomic E-state index is 0.386. The second-order valence-electron chi connectivity index (χ2n) is 3.12. The maximum atomic E-state index is 2.46. The van der Waals surface area contributed by atoms with Crippen LogP contribution in [0.3, 0.4) is 0 Å². The Hall–Kier alpha value is 0.170. The zero-order chi connectivity index (χ0) is 6.27. The van der Waals surface area contributed by atoms with Gasteiger partial charge in [-0.25, -0.2) is 0 Å². The van der Waals surface area contributed by atoms with Crippen LogP contribution in [0.2, 0.25) is 0 Å². The third kappa shape index (κ3) is 0.846. The van der Waals surface area contributed by atoms with Crippen molar-refractivity contribution in [1.82, 2.24) is 0 Å². The summed E-state index contributed by atoms with van der Waals surface area (Å²) in [7, 11) is 0.386. The molecule has 2 unspecified atom stereocenters. The van der Waals surface area contributed by atoms with E-state index in [0.29, 0.717) is 7.92 Å². The molecule has 2 aliphatic heterocycles. The standard InChI is InChI=1S/C8H13P/c1-9-7-3-2-4-8(9)6-5-7/h5-8H,2-4H2,1H3. The molecule has 0 saturated carbocycles. The summed E-state index contributed by atoms with van der Waals surface area (Å²) in [5.41, 5.74) is 2.03. The molecule has 0 aliphatic carbocycles. The second-order valence-corrected chi connectivity index (χ2v) is 5.77. The normalized spacial score (nSPS) is 47.9. The summed E-state index contributed by atoms with van der Waals surface area (Å²) in [4.78, 5) is 0. The molecule has 9 heavy (non-hydrogen) atoms. The minimum absolute atomic E-state index is 0.386. The molecule has 1 saturated heterocycles. The van der Waals surface area contributed by atoms with Gasteiger partial charge in [0.1, 0.15) is 0 Å². The van der Waals surface area contributed by atoms with E-state index in [0.717, 1.165) is 11.3 Å². The Morgan fingerprint density at radius 2 is 1.78 bits per heavy atom. The predicted molar refractivity (Wildman–Crippen MR) is 43.4 cm³/mol. The number of rotatable bonds is 0. The summed E-state index contributed by atoms with van der Waals surface area (Å²) >= 11 is 0. The topological polar surface area (TPSA) is 0 Å². The van der Waals surface area contributed by atoms with Gasteiger partial charge in [-0.3, -0.25) is 0 Å². The minimum Gasteiger partial charge on any atom is -0.0958 e. The van der Waals surface area contributed by atoms with Crippen LogP contribution in [0.5, 0.6) is 0 Å². The lowest BCUT2D eigenvalue weighted by atomic mass is 10.2. The quantitative estimate of drug-likeness (QED) is 0.358. The van der Waals surface area contributed by atoms with Crippen molar-refractivity contribution >= 4 is 7.92 Å². The number of allylic oxidation sites excluding steroid dienone is 2. The van der Waals surface area contributed by atoms with E-state index in [1.165, 1.54) is 19.3 Å². The van der Waals surface area contributed by atoms with Gasteiger partial charge in [0.15, 0.2) is 0 Å². The van der Waals surface area contributed by atoms with Crippen molar-refractivity contribution in [2.24, 2.45) is 0 Å². The Bertz CT molecular complexity index is 126. The van der Waals surface area contributed by atoms with Crippen molar-refractivity contribution < 1.29 is 0 Å². The maximum Gasteiger partial charge on any atom is -0.00266 e. The van der Waals surface area contributed by atoms with Gasteiger partial charge in [0.05, 0.1) is 0 Å². The molecule has 0 N–H and O–H groups in total. The Morgan fingerprint density at radius 1 is 1.22 bits per heavy atom.